The Morgan fingerprint density at radius 3 is 2.47 bits per heavy atom. The molecule has 1 unspecified atom stereocenters. The maximum Gasteiger partial charge on any atom is 0.290 e. The lowest BCUT2D eigenvalue weighted by molar-refractivity contribution is 0.0730. The van der Waals surface area contributed by atoms with Crippen LogP contribution in [0.25, 0.3) is 11.0 Å². The number of rotatable bonds is 6. The molecule has 5 rings (SSSR count). The first-order valence-corrected chi connectivity index (χ1v) is 10.9. The van der Waals surface area contributed by atoms with Gasteiger partial charge in [-0.3, -0.25) is 9.59 Å². The van der Waals surface area contributed by atoms with E-state index < -0.39 is 6.04 Å². The molecule has 172 valence electrons. The summed E-state index contributed by atoms with van der Waals surface area (Å²) in [6.45, 7) is 0.360. The molecule has 1 aliphatic heterocycles. The highest BCUT2D eigenvalue weighted by molar-refractivity contribution is 5.99. The van der Waals surface area contributed by atoms with Crippen molar-refractivity contribution in [2.75, 3.05) is 20.8 Å². The van der Waals surface area contributed by atoms with Gasteiger partial charge in [0.05, 0.1) is 31.2 Å². The Labute approximate surface area is 195 Å². The van der Waals surface area contributed by atoms with Gasteiger partial charge >= 0.3 is 0 Å². The van der Waals surface area contributed by atoms with Crippen LogP contribution >= 0.6 is 0 Å². The smallest absolute Gasteiger partial charge is 0.290 e. The molecule has 0 fully saturated rings. The van der Waals surface area contributed by atoms with Gasteiger partial charge in [0, 0.05) is 6.54 Å². The predicted octanol–water partition coefficient (Wildman–Crippen LogP) is 4.30. The summed E-state index contributed by atoms with van der Waals surface area (Å²) in [5.74, 6) is 0.702. The van der Waals surface area contributed by atoms with Crippen molar-refractivity contribution >= 4 is 16.9 Å². The lowest BCUT2D eigenvalue weighted by Gasteiger charge is -2.25. The summed E-state index contributed by atoms with van der Waals surface area (Å²) in [7, 11) is 3.07. The monoisotopic (exact) mass is 457 g/mol. The average Bonchev–Trinajstić information content (AvgIpc) is 3.15. The number of amides is 1. The Morgan fingerprint density at radius 1 is 0.971 bits per heavy atom. The standard InChI is InChI=1S/C27H23NO6/c1-32-18-10-7-16(8-11-18)13-14-28-24(17-9-12-20(29)22(15-17)33-2)23-25(30)19-5-3-4-6-21(19)34-26(23)27(28)31/h3-12,15,24,29H,13-14H2,1-2H3. The summed E-state index contributed by atoms with van der Waals surface area (Å²) in [5.41, 5.74) is 2.11. The van der Waals surface area contributed by atoms with Crippen LogP contribution in [0.1, 0.15) is 33.3 Å². The van der Waals surface area contributed by atoms with Crippen molar-refractivity contribution in [2.24, 2.45) is 0 Å². The number of methoxy groups -OCH3 is 2. The number of aromatic hydroxyl groups is 1. The third-order valence-corrected chi connectivity index (χ3v) is 6.19. The van der Waals surface area contributed by atoms with Gasteiger partial charge in [0.2, 0.25) is 5.76 Å². The van der Waals surface area contributed by atoms with Gasteiger partial charge < -0.3 is 23.9 Å². The highest BCUT2D eigenvalue weighted by Gasteiger charge is 2.42. The van der Waals surface area contributed by atoms with E-state index in [-0.39, 0.29) is 28.6 Å². The van der Waals surface area contributed by atoms with E-state index in [4.69, 9.17) is 13.9 Å². The minimum absolute atomic E-state index is 0.0221. The van der Waals surface area contributed by atoms with Crippen LogP contribution in [0.5, 0.6) is 17.2 Å². The van der Waals surface area contributed by atoms with Crippen LogP contribution in [0, 0.1) is 0 Å². The van der Waals surface area contributed by atoms with Crippen molar-refractivity contribution in [2.45, 2.75) is 12.5 Å². The zero-order chi connectivity index (χ0) is 23.8. The quantitative estimate of drug-likeness (QED) is 0.464. The largest absolute Gasteiger partial charge is 0.504 e. The van der Waals surface area contributed by atoms with E-state index in [0.717, 1.165) is 11.3 Å². The SMILES string of the molecule is COc1ccc(CCN2C(=O)c3oc4ccccc4c(=O)c3C2c2ccc(O)c(OC)c2)cc1. The van der Waals surface area contributed by atoms with Crippen LogP contribution in [0.15, 0.2) is 75.9 Å². The number of carbonyl (C=O) groups is 1. The van der Waals surface area contributed by atoms with Crippen LogP contribution in [-0.2, 0) is 6.42 Å². The van der Waals surface area contributed by atoms with E-state index in [9.17, 15) is 14.7 Å². The number of hydrogen-bond acceptors (Lipinski definition) is 6. The number of phenolic OH excluding ortho intramolecular Hbond substituents is 1. The molecule has 1 amide bonds. The van der Waals surface area contributed by atoms with E-state index in [1.807, 2.05) is 24.3 Å². The Morgan fingerprint density at radius 2 is 1.74 bits per heavy atom. The molecule has 0 saturated heterocycles. The maximum atomic E-state index is 13.5. The number of ether oxygens (including phenoxy) is 2. The molecule has 7 heteroatoms. The highest BCUT2D eigenvalue weighted by Crippen LogP contribution is 2.40. The molecule has 3 aromatic carbocycles. The van der Waals surface area contributed by atoms with Gasteiger partial charge in [-0.2, -0.15) is 0 Å². The molecule has 1 aromatic heterocycles. The molecule has 0 spiro atoms. The van der Waals surface area contributed by atoms with Gasteiger partial charge in [0.1, 0.15) is 11.3 Å². The molecule has 1 aliphatic rings. The summed E-state index contributed by atoms with van der Waals surface area (Å²) in [6.07, 6.45) is 0.573. The van der Waals surface area contributed by atoms with E-state index in [0.29, 0.717) is 35.1 Å². The first-order chi connectivity index (χ1) is 16.5. The third kappa shape index (κ3) is 3.55. The highest BCUT2D eigenvalue weighted by atomic mass is 16.5. The van der Waals surface area contributed by atoms with Crippen molar-refractivity contribution in [1.29, 1.82) is 0 Å². The number of para-hydroxylation sites is 1. The second-order valence-corrected chi connectivity index (χ2v) is 8.10. The Balaban J connectivity index is 1.61. The van der Waals surface area contributed by atoms with Crippen LogP contribution in [-0.4, -0.2) is 36.7 Å². The molecular formula is C27H23NO6. The summed E-state index contributed by atoms with van der Waals surface area (Å²) in [4.78, 5) is 28.7. The van der Waals surface area contributed by atoms with Crippen molar-refractivity contribution in [3.05, 3.63) is 99.4 Å². The summed E-state index contributed by atoms with van der Waals surface area (Å²) in [5, 5.41) is 10.5. The Hall–Kier alpha value is -4.26. The van der Waals surface area contributed by atoms with Gasteiger partial charge in [-0.05, 0) is 53.9 Å². The Bertz CT molecular complexity index is 1440. The van der Waals surface area contributed by atoms with Crippen LogP contribution in [0.4, 0.5) is 0 Å². The fraction of sp³-hybridized carbons (Fsp3) is 0.185. The lowest BCUT2D eigenvalue weighted by atomic mass is 9.98. The van der Waals surface area contributed by atoms with Crippen molar-refractivity contribution < 1.29 is 23.8 Å². The van der Waals surface area contributed by atoms with Crippen molar-refractivity contribution in [3.63, 3.8) is 0 Å². The average molecular weight is 457 g/mol. The van der Waals surface area contributed by atoms with E-state index >= 15 is 0 Å². The summed E-state index contributed by atoms with van der Waals surface area (Å²) in [6, 6.07) is 18.7. The summed E-state index contributed by atoms with van der Waals surface area (Å²) < 4.78 is 16.5. The van der Waals surface area contributed by atoms with Gasteiger partial charge in [-0.1, -0.05) is 30.3 Å². The molecule has 34 heavy (non-hydrogen) atoms. The first kappa shape index (κ1) is 21.6. The van der Waals surface area contributed by atoms with Crippen molar-refractivity contribution in [3.8, 4) is 17.2 Å². The normalized spacial score (nSPS) is 14.9. The van der Waals surface area contributed by atoms with Crippen LogP contribution in [0.2, 0.25) is 0 Å². The van der Waals surface area contributed by atoms with E-state index in [1.54, 1.807) is 48.4 Å². The van der Waals surface area contributed by atoms with Gasteiger partial charge in [-0.15, -0.1) is 0 Å². The van der Waals surface area contributed by atoms with Crippen LogP contribution < -0.4 is 14.9 Å². The molecule has 0 radical (unpaired) electrons. The number of carbonyl (C=O) groups excluding carboxylic acids is 1. The zero-order valence-corrected chi connectivity index (χ0v) is 18.8. The van der Waals surface area contributed by atoms with E-state index in [1.165, 1.54) is 13.2 Å². The number of fused-ring (bicyclic) bond motifs is 2. The molecule has 0 saturated carbocycles. The third-order valence-electron chi connectivity index (χ3n) is 6.19. The number of hydrogen-bond donors (Lipinski definition) is 1. The van der Waals surface area contributed by atoms with Gasteiger partial charge in [0.25, 0.3) is 5.91 Å². The minimum Gasteiger partial charge on any atom is -0.504 e. The topological polar surface area (TPSA) is 89.2 Å². The molecule has 1 N–H and O–H groups in total. The van der Waals surface area contributed by atoms with Gasteiger partial charge in [0.15, 0.2) is 16.9 Å². The number of phenols is 1. The minimum atomic E-state index is -0.670. The van der Waals surface area contributed by atoms with Crippen LogP contribution in [0.3, 0.4) is 0 Å². The van der Waals surface area contributed by atoms with E-state index in [2.05, 4.69) is 0 Å². The fourth-order valence-electron chi connectivity index (χ4n) is 4.45. The summed E-state index contributed by atoms with van der Waals surface area (Å²) >= 11 is 0. The molecule has 4 aromatic rings. The van der Waals surface area contributed by atoms with Gasteiger partial charge in [-0.25, -0.2) is 0 Å². The number of benzene rings is 3. The number of nitrogens with zero attached hydrogens (tertiary/aromatic N) is 1. The second-order valence-electron chi connectivity index (χ2n) is 8.10. The predicted molar refractivity (Wildman–Crippen MR) is 127 cm³/mol. The molecular weight excluding hydrogens is 434 g/mol. The fourth-order valence-corrected chi connectivity index (χ4v) is 4.45. The lowest BCUT2D eigenvalue weighted by Crippen LogP contribution is -2.31. The first-order valence-electron chi connectivity index (χ1n) is 10.9. The molecule has 0 aliphatic carbocycles. The van der Waals surface area contributed by atoms with Crippen molar-refractivity contribution in [1.82, 2.24) is 4.90 Å². The molecule has 7 nitrogen and oxygen atoms in total. The molecule has 2 heterocycles. The molecule has 0 bridgehead atoms. The Kier molecular flexibility index (Phi) is 5.45. The second kappa shape index (κ2) is 8.59. The molecule has 1 atom stereocenters. The zero-order valence-electron chi connectivity index (χ0n) is 18.8. The maximum absolute atomic E-state index is 13.5.